The number of anilines is 1. The summed E-state index contributed by atoms with van der Waals surface area (Å²) >= 11 is 3.13. The summed E-state index contributed by atoms with van der Waals surface area (Å²) in [5, 5.41) is 13.7. The van der Waals surface area contributed by atoms with E-state index in [0.717, 1.165) is 19.3 Å². The minimum atomic E-state index is -0.483. The third kappa shape index (κ3) is 2.55. The van der Waals surface area contributed by atoms with Crippen molar-refractivity contribution in [3.8, 4) is 0 Å². The van der Waals surface area contributed by atoms with Gasteiger partial charge in [-0.2, -0.15) is 0 Å². The largest absolute Gasteiger partial charge is 0.327 e. The number of nitrogens with one attached hydrogen (secondary N) is 1. The molecule has 2 saturated carbocycles. The van der Waals surface area contributed by atoms with Gasteiger partial charge in [-0.15, -0.1) is 0 Å². The first-order valence-corrected chi connectivity index (χ1v) is 7.77. The molecule has 1 aromatic rings. The lowest BCUT2D eigenvalue weighted by atomic mass is 9.84. The molecule has 0 aliphatic heterocycles. The Kier molecular flexibility index (Phi) is 3.71. The van der Waals surface area contributed by atoms with Crippen molar-refractivity contribution in [2.45, 2.75) is 25.3 Å². The van der Waals surface area contributed by atoms with Gasteiger partial charge in [0, 0.05) is 17.8 Å². The van der Waals surface area contributed by atoms with Crippen molar-refractivity contribution in [2.24, 2.45) is 23.5 Å². The summed E-state index contributed by atoms with van der Waals surface area (Å²) in [6.07, 6.45) is 3.19. The maximum absolute atomic E-state index is 12.4. The van der Waals surface area contributed by atoms with Gasteiger partial charge >= 0.3 is 0 Å². The van der Waals surface area contributed by atoms with Crippen LogP contribution in [0.15, 0.2) is 22.7 Å². The van der Waals surface area contributed by atoms with Crippen LogP contribution < -0.4 is 11.1 Å². The lowest BCUT2D eigenvalue weighted by Gasteiger charge is -2.26. The van der Waals surface area contributed by atoms with Crippen LogP contribution in [-0.2, 0) is 4.79 Å². The molecule has 2 bridgehead atoms. The molecule has 1 amide bonds. The number of fused-ring (bicyclic) bond motifs is 2. The fraction of sp³-hybridized carbons (Fsp3) is 0.500. The zero-order valence-electron chi connectivity index (χ0n) is 11.3. The first-order valence-electron chi connectivity index (χ1n) is 6.97. The normalized spacial score (nSPS) is 30.4. The summed E-state index contributed by atoms with van der Waals surface area (Å²) in [6.45, 7) is 0. The van der Waals surface area contributed by atoms with E-state index < -0.39 is 4.92 Å². The molecule has 2 aliphatic rings. The number of carbonyl (C=O) groups excluding carboxylic acids is 1. The number of hydrogen-bond donors (Lipinski definition) is 2. The van der Waals surface area contributed by atoms with Crippen LogP contribution in [0.25, 0.3) is 0 Å². The van der Waals surface area contributed by atoms with Gasteiger partial charge in [0.25, 0.3) is 5.69 Å². The van der Waals surface area contributed by atoms with Crippen molar-refractivity contribution in [3.63, 3.8) is 0 Å². The van der Waals surface area contributed by atoms with Crippen LogP contribution in [-0.4, -0.2) is 16.9 Å². The second-order valence-electron chi connectivity index (χ2n) is 5.85. The second-order valence-corrected chi connectivity index (χ2v) is 6.70. The Morgan fingerprint density at radius 2 is 2.10 bits per heavy atom. The van der Waals surface area contributed by atoms with Crippen LogP contribution in [0.5, 0.6) is 0 Å². The maximum Gasteiger partial charge on any atom is 0.285 e. The van der Waals surface area contributed by atoms with Crippen molar-refractivity contribution in [1.82, 2.24) is 0 Å². The Morgan fingerprint density at radius 1 is 1.38 bits per heavy atom. The van der Waals surface area contributed by atoms with E-state index in [2.05, 4.69) is 21.2 Å². The molecular formula is C14H16BrN3O3. The Morgan fingerprint density at radius 3 is 2.71 bits per heavy atom. The molecule has 21 heavy (non-hydrogen) atoms. The highest BCUT2D eigenvalue weighted by Gasteiger charge is 2.49. The van der Waals surface area contributed by atoms with Gasteiger partial charge in [0.15, 0.2) is 0 Å². The number of rotatable bonds is 3. The molecule has 1 aromatic carbocycles. The minimum Gasteiger partial charge on any atom is -0.327 e. The van der Waals surface area contributed by atoms with Gasteiger partial charge in [-0.05, 0) is 59.2 Å². The molecule has 0 heterocycles. The number of hydrogen-bond acceptors (Lipinski definition) is 4. The predicted octanol–water partition coefficient (Wildman–Crippen LogP) is 2.67. The number of amides is 1. The molecule has 6 nitrogen and oxygen atoms in total. The highest BCUT2D eigenvalue weighted by Crippen LogP contribution is 2.48. The van der Waals surface area contributed by atoms with Crippen molar-refractivity contribution >= 4 is 33.2 Å². The lowest BCUT2D eigenvalue weighted by molar-refractivity contribution is -0.385. The standard InChI is InChI=1S/C14H16BrN3O3/c15-10-4-3-9(6-11(10)18(20)21)17-14(19)12-7-1-2-8(5-7)13(12)16/h3-4,6-8,12-13H,1-2,5,16H2,(H,17,19). The number of halogens is 1. The van der Waals surface area contributed by atoms with E-state index in [4.69, 9.17) is 5.73 Å². The van der Waals surface area contributed by atoms with Gasteiger partial charge in [-0.1, -0.05) is 0 Å². The first-order chi connectivity index (χ1) is 9.97. The second kappa shape index (κ2) is 5.38. The van der Waals surface area contributed by atoms with Crippen molar-refractivity contribution in [2.75, 3.05) is 5.32 Å². The van der Waals surface area contributed by atoms with E-state index in [9.17, 15) is 14.9 Å². The van der Waals surface area contributed by atoms with Crippen molar-refractivity contribution in [3.05, 3.63) is 32.8 Å². The van der Waals surface area contributed by atoms with Gasteiger partial charge < -0.3 is 11.1 Å². The first kappa shape index (κ1) is 14.5. The molecule has 4 unspecified atom stereocenters. The smallest absolute Gasteiger partial charge is 0.285 e. The minimum absolute atomic E-state index is 0.0648. The number of nitrogens with zero attached hydrogens (tertiary/aromatic N) is 1. The quantitative estimate of drug-likeness (QED) is 0.644. The van der Waals surface area contributed by atoms with Gasteiger partial charge in [-0.3, -0.25) is 14.9 Å². The van der Waals surface area contributed by atoms with Crippen LogP contribution >= 0.6 is 15.9 Å². The van der Waals surface area contributed by atoms with E-state index in [1.54, 1.807) is 12.1 Å². The van der Waals surface area contributed by atoms with E-state index in [0.29, 0.717) is 22.0 Å². The summed E-state index contributed by atoms with van der Waals surface area (Å²) in [5.41, 5.74) is 6.51. The summed E-state index contributed by atoms with van der Waals surface area (Å²) in [4.78, 5) is 22.8. The average molecular weight is 354 g/mol. The molecule has 7 heteroatoms. The molecule has 2 fully saturated rings. The highest BCUT2D eigenvalue weighted by atomic mass is 79.9. The molecule has 3 N–H and O–H groups in total. The van der Waals surface area contributed by atoms with Crippen molar-refractivity contribution < 1.29 is 9.72 Å². The zero-order valence-corrected chi connectivity index (χ0v) is 12.9. The molecule has 0 spiro atoms. The zero-order chi connectivity index (χ0) is 15.1. The Labute approximate surface area is 130 Å². The average Bonchev–Trinajstić information content (AvgIpc) is 3.01. The van der Waals surface area contributed by atoms with E-state index in [1.807, 2.05) is 0 Å². The number of nitro benzene ring substituents is 1. The summed E-state index contributed by atoms with van der Waals surface area (Å²) in [6, 6.07) is 4.48. The van der Waals surface area contributed by atoms with Crippen molar-refractivity contribution in [1.29, 1.82) is 0 Å². The van der Waals surface area contributed by atoms with Crippen LogP contribution in [0, 0.1) is 27.9 Å². The van der Waals surface area contributed by atoms with Crippen LogP contribution in [0.4, 0.5) is 11.4 Å². The molecule has 2 aliphatic carbocycles. The van der Waals surface area contributed by atoms with Gasteiger partial charge in [0.1, 0.15) is 0 Å². The van der Waals surface area contributed by atoms with Crippen LogP contribution in [0.3, 0.4) is 0 Å². The maximum atomic E-state index is 12.4. The molecule has 112 valence electrons. The summed E-state index contributed by atoms with van der Waals surface area (Å²) in [5.74, 6) is 0.512. The molecule has 3 rings (SSSR count). The third-order valence-electron chi connectivity index (χ3n) is 4.69. The molecule has 0 saturated heterocycles. The monoisotopic (exact) mass is 353 g/mol. The third-order valence-corrected chi connectivity index (χ3v) is 5.36. The van der Waals surface area contributed by atoms with E-state index >= 15 is 0 Å². The molecule has 4 atom stereocenters. The SMILES string of the molecule is NC1C2CCC(C2)C1C(=O)Nc1ccc(Br)c([N+](=O)[O-])c1. The summed E-state index contributed by atoms with van der Waals surface area (Å²) in [7, 11) is 0. The van der Waals surface area contributed by atoms with Crippen LogP contribution in [0.1, 0.15) is 19.3 Å². The Bertz CT molecular complexity index is 605. The molecule has 0 radical (unpaired) electrons. The molecular weight excluding hydrogens is 338 g/mol. The Balaban J connectivity index is 1.76. The van der Waals surface area contributed by atoms with Gasteiger partial charge in [0.05, 0.1) is 15.3 Å². The van der Waals surface area contributed by atoms with Gasteiger partial charge in [0.2, 0.25) is 5.91 Å². The number of nitro groups is 1. The lowest BCUT2D eigenvalue weighted by Crippen LogP contribution is -2.42. The van der Waals surface area contributed by atoms with E-state index in [-0.39, 0.29) is 23.6 Å². The highest BCUT2D eigenvalue weighted by molar-refractivity contribution is 9.10. The molecule has 0 aromatic heterocycles. The predicted molar refractivity (Wildman–Crippen MR) is 81.7 cm³/mol. The fourth-order valence-electron chi connectivity index (χ4n) is 3.68. The Hall–Kier alpha value is -1.47. The van der Waals surface area contributed by atoms with Crippen LogP contribution in [0.2, 0.25) is 0 Å². The number of benzene rings is 1. The number of carbonyl (C=O) groups is 1. The number of nitrogens with two attached hydrogens (primary N) is 1. The van der Waals surface area contributed by atoms with Gasteiger partial charge in [-0.25, -0.2) is 0 Å². The fourth-order valence-corrected chi connectivity index (χ4v) is 4.07. The van der Waals surface area contributed by atoms with E-state index in [1.165, 1.54) is 6.07 Å². The topological polar surface area (TPSA) is 98.3 Å². The summed E-state index contributed by atoms with van der Waals surface area (Å²) < 4.78 is 0.391.